The number of rotatable bonds is 0. The second-order valence-electron chi connectivity index (χ2n) is 4.26. The predicted molar refractivity (Wildman–Crippen MR) is 61.1 cm³/mol. The summed E-state index contributed by atoms with van der Waals surface area (Å²) in [6, 6.07) is 4.36. The molecule has 2 aliphatic heterocycles. The Morgan fingerprint density at radius 2 is 2.44 bits per heavy atom. The molecule has 4 heteroatoms. The summed E-state index contributed by atoms with van der Waals surface area (Å²) in [5.41, 5.74) is 2.28. The fourth-order valence-corrected chi connectivity index (χ4v) is 2.45. The summed E-state index contributed by atoms with van der Waals surface area (Å²) in [5, 5.41) is 12.5. The Kier molecular flexibility index (Phi) is 2.10. The number of amidine groups is 1. The van der Waals surface area contributed by atoms with Crippen molar-refractivity contribution >= 4 is 11.5 Å². The molecule has 2 aliphatic rings. The van der Waals surface area contributed by atoms with Crippen molar-refractivity contribution in [3.8, 4) is 6.07 Å². The van der Waals surface area contributed by atoms with Gasteiger partial charge in [-0.2, -0.15) is 5.26 Å². The van der Waals surface area contributed by atoms with Gasteiger partial charge in [-0.25, -0.2) is 0 Å². The number of aliphatic imine (C=N–C) groups is 1. The van der Waals surface area contributed by atoms with Crippen LogP contribution in [-0.2, 0) is 6.42 Å². The van der Waals surface area contributed by atoms with Gasteiger partial charge in [-0.15, -0.1) is 0 Å². The molecular weight excluding hydrogens is 200 g/mol. The number of anilines is 1. The maximum Gasteiger partial charge on any atom is 0.105 e. The highest BCUT2D eigenvalue weighted by Gasteiger charge is 2.33. The minimum absolute atomic E-state index is 0.0911. The Labute approximate surface area is 94.0 Å². The number of nitriles is 1. The van der Waals surface area contributed by atoms with Crippen LogP contribution >= 0.6 is 0 Å². The van der Waals surface area contributed by atoms with Crippen LogP contribution in [0.25, 0.3) is 0 Å². The van der Waals surface area contributed by atoms with Gasteiger partial charge in [0.1, 0.15) is 5.84 Å². The predicted octanol–water partition coefficient (Wildman–Crippen LogP) is 1.61. The number of nitrogens with zero attached hydrogens (tertiary/aromatic N) is 3. The quantitative estimate of drug-likeness (QED) is 0.710. The van der Waals surface area contributed by atoms with Crippen LogP contribution in [0.4, 0.5) is 5.69 Å². The van der Waals surface area contributed by atoms with E-state index in [1.54, 1.807) is 6.20 Å². The number of nitrogens with one attached hydrogen (secondary N) is 1. The van der Waals surface area contributed by atoms with Gasteiger partial charge >= 0.3 is 0 Å². The number of aromatic nitrogens is 1. The molecule has 0 spiro atoms. The molecular formula is C12H12N4. The van der Waals surface area contributed by atoms with Gasteiger partial charge in [-0.05, 0) is 24.5 Å². The van der Waals surface area contributed by atoms with Gasteiger partial charge in [0.25, 0.3) is 0 Å². The van der Waals surface area contributed by atoms with Crippen LogP contribution in [0.5, 0.6) is 0 Å². The molecule has 0 bridgehead atoms. The molecule has 3 heterocycles. The molecule has 0 amide bonds. The molecule has 4 nitrogen and oxygen atoms in total. The Hall–Kier alpha value is -1.89. The van der Waals surface area contributed by atoms with E-state index in [1.165, 1.54) is 5.56 Å². The lowest BCUT2D eigenvalue weighted by Gasteiger charge is -2.33. The zero-order valence-corrected chi connectivity index (χ0v) is 8.85. The van der Waals surface area contributed by atoms with Crippen molar-refractivity contribution in [2.24, 2.45) is 16.8 Å². The van der Waals surface area contributed by atoms with Crippen molar-refractivity contribution in [2.45, 2.75) is 12.8 Å². The van der Waals surface area contributed by atoms with Crippen molar-refractivity contribution in [1.29, 1.82) is 5.26 Å². The van der Waals surface area contributed by atoms with Crippen molar-refractivity contribution in [3.05, 3.63) is 24.0 Å². The average Bonchev–Trinajstić information content (AvgIpc) is 2.35. The van der Waals surface area contributed by atoms with E-state index in [0.29, 0.717) is 0 Å². The molecule has 3 rings (SSSR count). The molecule has 1 aromatic heterocycles. The number of fused-ring (bicyclic) bond motifs is 2. The van der Waals surface area contributed by atoms with Crippen molar-refractivity contribution in [1.82, 2.24) is 4.98 Å². The van der Waals surface area contributed by atoms with E-state index in [0.717, 1.165) is 30.9 Å². The zero-order valence-electron chi connectivity index (χ0n) is 8.85. The molecule has 2 atom stereocenters. The minimum atomic E-state index is 0.0911. The highest BCUT2D eigenvalue weighted by Crippen LogP contribution is 2.32. The average molecular weight is 212 g/mol. The van der Waals surface area contributed by atoms with Crippen LogP contribution in [0.2, 0.25) is 0 Å². The lowest BCUT2D eigenvalue weighted by atomic mass is 9.81. The number of hydrogen-bond acceptors (Lipinski definition) is 4. The first-order valence-corrected chi connectivity index (χ1v) is 5.52. The number of hydrogen-bond donors (Lipinski definition) is 1. The molecule has 0 fully saturated rings. The van der Waals surface area contributed by atoms with Crippen LogP contribution in [-0.4, -0.2) is 17.4 Å². The van der Waals surface area contributed by atoms with E-state index in [2.05, 4.69) is 21.4 Å². The summed E-state index contributed by atoms with van der Waals surface area (Å²) >= 11 is 0. The van der Waals surface area contributed by atoms with Crippen LogP contribution < -0.4 is 5.32 Å². The molecule has 1 aromatic rings. The van der Waals surface area contributed by atoms with Crippen molar-refractivity contribution in [3.63, 3.8) is 0 Å². The molecule has 0 saturated heterocycles. The third kappa shape index (κ3) is 1.36. The highest BCUT2D eigenvalue weighted by molar-refractivity contribution is 6.00. The first-order chi connectivity index (χ1) is 7.88. The van der Waals surface area contributed by atoms with E-state index in [9.17, 15) is 0 Å². The summed E-state index contributed by atoms with van der Waals surface area (Å²) in [5.74, 6) is 1.31. The largest absolute Gasteiger partial charge is 0.343 e. The molecule has 0 saturated carbocycles. The lowest BCUT2D eigenvalue weighted by molar-refractivity contribution is 0.456. The monoisotopic (exact) mass is 212 g/mol. The second-order valence-corrected chi connectivity index (χ2v) is 4.26. The fourth-order valence-electron chi connectivity index (χ4n) is 2.45. The van der Waals surface area contributed by atoms with Gasteiger partial charge in [0.2, 0.25) is 0 Å². The van der Waals surface area contributed by atoms with Crippen LogP contribution in [0.3, 0.4) is 0 Å². The third-order valence-corrected chi connectivity index (χ3v) is 3.33. The first-order valence-electron chi connectivity index (χ1n) is 5.52. The van der Waals surface area contributed by atoms with Crippen molar-refractivity contribution < 1.29 is 0 Å². The minimum Gasteiger partial charge on any atom is -0.343 e. The van der Waals surface area contributed by atoms with E-state index in [-0.39, 0.29) is 11.8 Å². The maximum absolute atomic E-state index is 9.13. The number of pyridine rings is 1. The van der Waals surface area contributed by atoms with E-state index in [1.807, 2.05) is 12.3 Å². The molecule has 16 heavy (non-hydrogen) atoms. The SMILES string of the molecule is N#CC1CCN=C2Nc3ccncc3CC21. The lowest BCUT2D eigenvalue weighted by Crippen LogP contribution is -2.38. The molecule has 0 aromatic carbocycles. The fraction of sp³-hybridized carbons (Fsp3) is 0.417. The molecule has 0 radical (unpaired) electrons. The van der Waals surface area contributed by atoms with Gasteiger partial charge in [0.05, 0.1) is 12.0 Å². The molecule has 80 valence electrons. The van der Waals surface area contributed by atoms with E-state index < -0.39 is 0 Å². The van der Waals surface area contributed by atoms with Gasteiger partial charge in [0, 0.05) is 30.5 Å². The van der Waals surface area contributed by atoms with Gasteiger partial charge < -0.3 is 5.32 Å². The Bertz CT molecular complexity index is 486. The summed E-state index contributed by atoms with van der Waals surface area (Å²) in [6.45, 7) is 0.761. The Morgan fingerprint density at radius 3 is 3.31 bits per heavy atom. The zero-order chi connectivity index (χ0) is 11.0. The highest BCUT2D eigenvalue weighted by atomic mass is 15.0. The second kappa shape index (κ2) is 3.60. The van der Waals surface area contributed by atoms with Crippen molar-refractivity contribution in [2.75, 3.05) is 11.9 Å². The Morgan fingerprint density at radius 1 is 1.50 bits per heavy atom. The third-order valence-electron chi connectivity index (χ3n) is 3.33. The molecule has 2 unspecified atom stereocenters. The van der Waals surface area contributed by atoms with Gasteiger partial charge in [-0.3, -0.25) is 9.98 Å². The summed E-state index contributed by atoms with van der Waals surface area (Å²) in [6.07, 6.45) is 5.41. The standard InChI is InChI=1S/C12H12N4/c13-6-8-1-4-15-12-10(8)5-9-7-14-3-2-11(9)16-12/h2-3,7-8,10H,1,4-5H2,(H,15,16). The van der Waals surface area contributed by atoms with E-state index in [4.69, 9.17) is 5.26 Å². The van der Waals surface area contributed by atoms with Crippen LogP contribution in [0, 0.1) is 23.2 Å². The summed E-state index contributed by atoms with van der Waals surface area (Å²) < 4.78 is 0. The van der Waals surface area contributed by atoms with Gasteiger partial charge in [-0.1, -0.05) is 0 Å². The smallest absolute Gasteiger partial charge is 0.105 e. The first kappa shape index (κ1) is 9.34. The summed E-state index contributed by atoms with van der Waals surface area (Å²) in [4.78, 5) is 8.61. The Balaban J connectivity index is 2.00. The summed E-state index contributed by atoms with van der Waals surface area (Å²) in [7, 11) is 0. The van der Waals surface area contributed by atoms with Gasteiger partial charge in [0.15, 0.2) is 0 Å². The van der Waals surface area contributed by atoms with Crippen LogP contribution in [0.15, 0.2) is 23.5 Å². The van der Waals surface area contributed by atoms with Crippen LogP contribution in [0.1, 0.15) is 12.0 Å². The molecule has 0 aliphatic carbocycles. The normalized spacial score (nSPS) is 26.8. The topological polar surface area (TPSA) is 61.1 Å². The maximum atomic E-state index is 9.13. The van der Waals surface area contributed by atoms with E-state index >= 15 is 0 Å². The molecule has 1 N–H and O–H groups in total.